The van der Waals surface area contributed by atoms with Gasteiger partial charge in [-0.25, -0.2) is 4.98 Å². The van der Waals surface area contributed by atoms with Crippen molar-refractivity contribution in [1.82, 2.24) is 14.2 Å². The van der Waals surface area contributed by atoms with Gasteiger partial charge in [-0.05, 0) is 24.3 Å². The number of hydrogen-bond acceptors (Lipinski definition) is 5. The summed E-state index contributed by atoms with van der Waals surface area (Å²) in [5.41, 5.74) is 1.48. The lowest BCUT2D eigenvalue weighted by molar-refractivity contribution is 0.397. The first kappa shape index (κ1) is 14.9. The van der Waals surface area contributed by atoms with Gasteiger partial charge in [0.2, 0.25) is 0 Å². The van der Waals surface area contributed by atoms with Gasteiger partial charge in [-0.3, -0.25) is 0 Å². The molecular formula is C14H11ClFN3O2S. The second-order valence-electron chi connectivity index (χ2n) is 4.33. The van der Waals surface area contributed by atoms with Gasteiger partial charge in [0.15, 0.2) is 18.0 Å². The quantitative estimate of drug-likeness (QED) is 0.668. The molecule has 0 saturated carbocycles. The number of rotatable bonds is 4. The van der Waals surface area contributed by atoms with Crippen LogP contribution in [0, 0.1) is 0 Å². The third-order valence-electron chi connectivity index (χ3n) is 3.20. The zero-order valence-corrected chi connectivity index (χ0v) is 13.3. The predicted octanol–water partition coefficient (Wildman–Crippen LogP) is 4.15. The number of halogens is 2. The molecular weight excluding hydrogens is 329 g/mol. The lowest BCUT2D eigenvalue weighted by Gasteiger charge is -2.11. The molecule has 0 aliphatic rings. The van der Waals surface area contributed by atoms with E-state index >= 15 is 0 Å². The Morgan fingerprint density at radius 3 is 2.41 bits per heavy atom. The summed E-state index contributed by atoms with van der Waals surface area (Å²) in [6, 6.07) is 8.75. The van der Waals surface area contributed by atoms with E-state index in [0.29, 0.717) is 33.8 Å². The third kappa shape index (κ3) is 2.36. The van der Waals surface area contributed by atoms with E-state index in [1.165, 1.54) is 0 Å². The van der Waals surface area contributed by atoms with Crippen molar-refractivity contribution in [1.29, 1.82) is 0 Å². The van der Waals surface area contributed by atoms with E-state index in [-0.39, 0.29) is 17.5 Å². The topological polar surface area (TPSA) is 49.2 Å². The van der Waals surface area contributed by atoms with E-state index in [1.807, 2.05) is 0 Å². The molecule has 114 valence electrons. The zero-order chi connectivity index (χ0) is 15.7. The van der Waals surface area contributed by atoms with Crippen LogP contribution in [0.1, 0.15) is 0 Å². The van der Waals surface area contributed by atoms with Gasteiger partial charge in [0.05, 0.1) is 19.8 Å². The minimum absolute atomic E-state index is 0.0478. The molecule has 8 heteroatoms. The van der Waals surface area contributed by atoms with Crippen LogP contribution in [0.15, 0.2) is 30.3 Å². The van der Waals surface area contributed by atoms with Crippen LogP contribution in [-0.2, 0) is 0 Å². The SMILES string of the molecule is COc1cccc(OC)c1-c1nn(SF)c2nc(Cl)ccc12. The van der Waals surface area contributed by atoms with Gasteiger partial charge in [0.1, 0.15) is 22.3 Å². The van der Waals surface area contributed by atoms with Crippen LogP contribution in [-0.4, -0.2) is 28.4 Å². The maximum absolute atomic E-state index is 13.2. The van der Waals surface area contributed by atoms with Crippen molar-refractivity contribution in [3.63, 3.8) is 0 Å². The van der Waals surface area contributed by atoms with Crippen LogP contribution in [0.3, 0.4) is 0 Å². The second kappa shape index (κ2) is 6.02. The van der Waals surface area contributed by atoms with E-state index in [4.69, 9.17) is 21.1 Å². The number of pyridine rings is 1. The first-order valence-electron chi connectivity index (χ1n) is 6.25. The van der Waals surface area contributed by atoms with Crippen LogP contribution in [0.5, 0.6) is 11.5 Å². The summed E-state index contributed by atoms with van der Waals surface area (Å²) < 4.78 is 25.0. The van der Waals surface area contributed by atoms with Gasteiger partial charge in [0.25, 0.3) is 0 Å². The molecule has 3 aromatic rings. The molecule has 0 aliphatic heterocycles. The average molecular weight is 340 g/mol. The van der Waals surface area contributed by atoms with Crippen molar-refractivity contribution in [3.05, 3.63) is 35.5 Å². The van der Waals surface area contributed by atoms with Crippen LogP contribution in [0.25, 0.3) is 22.3 Å². The molecule has 0 amide bonds. The number of methoxy groups -OCH3 is 2. The van der Waals surface area contributed by atoms with Crippen molar-refractivity contribution in [2.75, 3.05) is 14.2 Å². The fourth-order valence-electron chi connectivity index (χ4n) is 2.27. The number of hydrogen-bond donors (Lipinski definition) is 0. The highest BCUT2D eigenvalue weighted by atomic mass is 35.5. The molecule has 5 nitrogen and oxygen atoms in total. The molecule has 0 N–H and O–H groups in total. The van der Waals surface area contributed by atoms with E-state index in [1.54, 1.807) is 44.6 Å². The van der Waals surface area contributed by atoms with E-state index < -0.39 is 0 Å². The zero-order valence-electron chi connectivity index (χ0n) is 11.7. The number of benzene rings is 1. The summed E-state index contributed by atoms with van der Waals surface area (Å²) in [7, 11) is 3.10. The Bertz CT molecular complexity index is 818. The number of fused-ring (bicyclic) bond motifs is 1. The van der Waals surface area contributed by atoms with Crippen molar-refractivity contribution in [2.45, 2.75) is 0 Å². The molecule has 1 aromatic carbocycles. The van der Waals surface area contributed by atoms with Gasteiger partial charge < -0.3 is 9.47 Å². The lowest BCUT2D eigenvalue weighted by atomic mass is 10.1. The standard InChI is InChI=1S/C14H11ClFN3O2S/c1-20-9-4-3-5-10(21-2)12(9)13-8-6-7-11(15)17-14(8)19(18-13)22-16/h3-7H,1-2H3. The summed E-state index contributed by atoms with van der Waals surface area (Å²) >= 11 is 5.84. The predicted molar refractivity (Wildman–Crippen MR) is 85.2 cm³/mol. The van der Waals surface area contributed by atoms with Crippen molar-refractivity contribution in [3.8, 4) is 22.8 Å². The first-order chi connectivity index (χ1) is 10.7. The molecule has 0 atom stereocenters. The summed E-state index contributed by atoms with van der Waals surface area (Å²) in [6.07, 6.45) is 0. The summed E-state index contributed by atoms with van der Waals surface area (Å²) in [6.45, 7) is 0. The Balaban J connectivity index is 2.36. The highest BCUT2D eigenvalue weighted by Gasteiger charge is 2.21. The van der Waals surface area contributed by atoms with E-state index in [9.17, 15) is 3.89 Å². The fraction of sp³-hybridized carbons (Fsp3) is 0.143. The maximum atomic E-state index is 13.2. The average Bonchev–Trinajstić information content (AvgIpc) is 2.91. The van der Waals surface area contributed by atoms with Crippen LogP contribution in [0.2, 0.25) is 5.15 Å². The normalized spacial score (nSPS) is 10.9. The maximum Gasteiger partial charge on any atom is 0.189 e. The molecule has 0 fully saturated rings. The van der Waals surface area contributed by atoms with E-state index in [0.717, 1.165) is 4.09 Å². The number of nitrogens with zero attached hydrogens (tertiary/aromatic N) is 3. The monoisotopic (exact) mass is 339 g/mol. The molecule has 0 bridgehead atoms. The second-order valence-corrected chi connectivity index (χ2v) is 5.20. The van der Waals surface area contributed by atoms with Crippen molar-refractivity contribution < 1.29 is 13.4 Å². The van der Waals surface area contributed by atoms with Crippen LogP contribution < -0.4 is 9.47 Å². The Morgan fingerprint density at radius 1 is 1.14 bits per heavy atom. The Labute approximate surface area is 135 Å². The van der Waals surface area contributed by atoms with Crippen molar-refractivity contribution in [2.24, 2.45) is 0 Å². The number of aromatic nitrogens is 3. The summed E-state index contributed by atoms with van der Waals surface area (Å²) in [5, 5.41) is 5.18. The number of ether oxygens (including phenoxy) is 2. The Kier molecular flexibility index (Phi) is 4.08. The van der Waals surface area contributed by atoms with Gasteiger partial charge in [-0.1, -0.05) is 17.7 Å². The van der Waals surface area contributed by atoms with Crippen molar-refractivity contribution >= 4 is 35.0 Å². The molecule has 0 saturated heterocycles. The molecule has 2 aromatic heterocycles. The molecule has 3 rings (SSSR count). The highest BCUT2D eigenvalue weighted by Crippen LogP contribution is 2.41. The molecule has 0 unspecified atom stereocenters. The molecule has 0 aliphatic carbocycles. The Morgan fingerprint density at radius 2 is 1.82 bits per heavy atom. The summed E-state index contributed by atoms with van der Waals surface area (Å²) in [5.74, 6) is 1.15. The molecule has 22 heavy (non-hydrogen) atoms. The Hall–Kier alpha value is -1.99. The van der Waals surface area contributed by atoms with Gasteiger partial charge in [0, 0.05) is 5.39 Å². The molecule has 2 heterocycles. The van der Waals surface area contributed by atoms with Gasteiger partial charge in [-0.2, -0.15) is 9.19 Å². The first-order valence-corrected chi connectivity index (χ1v) is 7.30. The van der Waals surface area contributed by atoms with E-state index in [2.05, 4.69) is 10.1 Å². The lowest BCUT2D eigenvalue weighted by Crippen LogP contribution is -1.94. The minimum atomic E-state index is -0.0478. The highest BCUT2D eigenvalue weighted by molar-refractivity contribution is 7.92. The van der Waals surface area contributed by atoms with Crippen LogP contribution >= 0.6 is 23.9 Å². The smallest absolute Gasteiger partial charge is 0.189 e. The fourth-order valence-corrected chi connectivity index (χ4v) is 2.73. The van der Waals surface area contributed by atoms with Gasteiger partial charge >= 0.3 is 0 Å². The molecule has 0 radical (unpaired) electrons. The largest absolute Gasteiger partial charge is 0.496 e. The van der Waals surface area contributed by atoms with Crippen LogP contribution in [0.4, 0.5) is 3.89 Å². The third-order valence-corrected chi connectivity index (χ3v) is 3.79. The minimum Gasteiger partial charge on any atom is -0.496 e. The summed E-state index contributed by atoms with van der Waals surface area (Å²) in [4.78, 5) is 4.13. The van der Waals surface area contributed by atoms with Gasteiger partial charge in [-0.15, -0.1) is 3.89 Å². The molecule has 0 spiro atoms.